The Balaban J connectivity index is 1.52. The van der Waals surface area contributed by atoms with E-state index in [0.717, 1.165) is 16.5 Å². The molecule has 0 aliphatic rings. The standard InChI is InChI=1S/C18H16FN3O2/c19-13-7-5-12(6-8-13)9-21-17(23)11-22-18(24)15-10-20-16-4-2-1-3-14(15)16/h1-8,10,20H,9,11H2,(H,21,23)(H,22,24). The second kappa shape index (κ2) is 6.95. The van der Waals surface area contributed by atoms with E-state index < -0.39 is 0 Å². The molecule has 1 aromatic heterocycles. The van der Waals surface area contributed by atoms with Crippen LogP contribution in [0.2, 0.25) is 0 Å². The molecule has 5 nitrogen and oxygen atoms in total. The molecule has 122 valence electrons. The van der Waals surface area contributed by atoms with Crippen molar-refractivity contribution < 1.29 is 14.0 Å². The number of rotatable bonds is 5. The van der Waals surface area contributed by atoms with Gasteiger partial charge in [-0.15, -0.1) is 0 Å². The minimum atomic E-state index is -0.323. The number of carbonyl (C=O) groups excluding carboxylic acids is 2. The number of carbonyl (C=O) groups is 2. The molecule has 3 N–H and O–H groups in total. The van der Waals surface area contributed by atoms with E-state index in [9.17, 15) is 14.0 Å². The van der Waals surface area contributed by atoms with Crippen LogP contribution in [0.1, 0.15) is 15.9 Å². The van der Waals surface area contributed by atoms with Crippen LogP contribution in [0.5, 0.6) is 0 Å². The van der Waals surface area contributed by atoms with Crippen LogP contribution in [0.15, 0.2) is 54.7 Å². The Labute approximate surface area is 137 Å². The molecular weight excluding hydrogens is 309 g/mol. The number of aromatic amines is 1. The SMILES string of the molecule is O=C(CNC(=O)c1c[nH]c2ccccc12)NCc1ccc(F)cc1. The first kappa shape index (κ1) is 15.7. The van der Waals surface area contributed by atoms with Gasteiger partial charge in [-0.3, -0.25) is 9.59 Å². The molecule has 24 heavy (non-hydrogen) atoms. The molecule has 2 aromatic carbocycles. The van der Waals surface area contributed by atoms with Crippen molar-refractivity contribution >= 4 is 22.7 Å². The molecule has 0 saturated heterocycles. The first-order valence-corrected chi connectivity index (χ1v) is 7.49. The molecular formula is C18H16FN3O2. The van der Waals surface area contributed by atoms with Crippen LogP contribution in [-0.2, 0) is 11.3 Å². The fourth-order valence-corrected chi connectivity index (χ4v) is 2.38. The third-order valence-electron chi connectivity index (χ3n) is 3.65. The Hall–Kier alpha value is -3.15. The summed E-state index contributed by atoms with van der Waals surface area (Å²) in [7, 11) is 0. The van der Waals surface area contributed by atoms with Crippen LogP contribution in [0.4, 0.5) is 4.39 Å². The van der Waals surface area contributed by atoms with Gasteiger partial charge < -0.3 is 15.6 Å². The Morgan fingerprint density at radius 2 is 1.75 bits per heavy atom. The molecule has 0 atom stereocenters. The number of fused-ring (bicyclic) bond motifs is 1. The van der Waals surface area contributed by atoms with Crippen LogP contribution >= 0.6 is 0 Å². The number of hydrogen-bond donors (Lipinski definition) is 3. The normalized spacial score (nSPS) is 10.5. The second-order valence-corrected chi connectivity index (χ2v) is 5.33. The molecule has 0 saturated carbocycles. The van der Waals surface area contributed by atoms with Gasteiger partial charge in [0.1, 0.15) is 5.82 Å². The largest absolute Gasteiger partial charge is 0.360 e. The molecule has 3 rings (SSSR count). The highest BCUT2D eigenvalue weighted by molar-refractivity contribution is 6.07. The summed E-state index contributed by atoms with van der Waals surface area (Å²) in [6.07, 6.45) is 1.62. The molecule has 0 unspecified atom stereocenters. The lowest BCUT2D eigenvalue weighted by Crippen LogP contribution is -2.36. The number of hydrogen-bond acceptors (Lipinski definition) is 2. The van der Waals surface area contributed by atoms with Crippen molar-refractivity contribution in [1.82, 2.24) is 15.6 Å². The number of aromatic nitrogens is 1. The molecule has 0 fully saturated rings. The lowest BCUT2D eigenvalue weighted by molar-refractivity contribution is -0.120. The van der Waals surface area contributed by atoms with Gasteiger partial charge in [-0.05, 0) is 23.8 Å². The van der Waals surface area contributed by atoms with Crippen LogP contribution < -0.4 is 10.6 Å². The zero-order valence-electron chi connectivity index (χ0n) is 12.8. The van der Waals surface area contributed by atoms with Gasteiger partial charge in [-0.1, -0.05) is 30.3 Å². The quantitative estimate of drug-likeness (QED) is 0.674. The highest BCUT2D eigenvalue weighted by Crippen LogP contribution is 2.17. The van der Waals surface area contributed by atoms with E-state index >= 15 is 0 Å². The number of nitrogens with one attached hydrogen (secondary N) is 3. The van der Waals surface area contributed by atoms with E-state index in [2.05, 4.69) is 15.6 Å². The predicted octanol–water partition coefficient (Wildman–Crippen LogP) is 2.35. The van der Waals surface area contributed by atoms with Crippen molar-refractivity contribution in [2.45, 2.75) is 6.54 Å². The average Bonchev–Trinajstić information content (AvgIpc) is 3.03. The third-order valence-corrected chi connectivity index (χ3v) is 3.65. The molecule has 2 amide bonds. The van der Waals surface area contributed by atoms with Crippen LogP contribution in [0, 0.1) is 5.82 Å². The fourth-order valence-electron chi connectivity index (χ4n) is 2.38. The van der Waals surface area contributed by atoms with E-state index in [-0.39, 0.29) is 30.7 Å². The Morgan fingerprint density at radius 3 is 2.54 bits per heavy atom. The van der Waals surface area contributed by atoms with Crippen molar-refractivity contribution in [2.75, 3.05) is 6.54 Å². The maximum Gasteiger partial charge on any atom is 0.253 e. The van der Waals surface area contributed by atoms with E-state index in [1.807, 2.05) is 24.3 Å². The molecule has 0 aliphatic heterocycles. The maximum absolute atomic E-state index is 12.8. The third kappa shape index (κ3) is 3.60. The number of amides is 2. The van der Waals surface area contributed by atoms with Gasteiger partial charge in [0.15, 0.2) is 0 Å². The molecule has 6 heteroatoms. The van der Waals surface area contributed by atoms with Gasteiger partial charge in [-0.2, -0.15) is 0 Å². The van der Waals surface area contributed by atoms with Crippen molar-refractivity contribution in [2.24, 2.45) is 0 Å². The van der Waals surface area contributed by atoms with Crippen LogP contribution in [0.3, 0.4) is 0 Å². The van der Waals surface area contributed by atoms with Gasteiger partial charge in [0.2, 0.25) is 5.91 Å². The molecule has 0 spiro atoms. The van der Waals surface area contributed by atoms with Gasteiger partial charge in [0.05, 0.1) is 12.1 Å². The summed E-state index contributed by atoms with van der Waals surface area (Å²) in [5.74, 6) is -0.951. The molecule has 1 heterocycles. The summed E-state index contributed by atoms with van der Waals surface area (Å²) >= 11 is 0. The van der Waals surface area contributed by atoms with E-state index in [1.54, 1.807) is 18.3 Å². The summed E-state index contributed by atoms with van der Waals surface area (Å²) in [5.41, 5.74) is 2.15. The fraction of sp³-hybridized carbons (Fsp3) is 0.111. The lowest BCUT2D eigenvalue weighted by Gasteiger charge is -2.07. The molecule has 0 aliphatic carbocycles. The van der Waals surface area contributed by atoms with Gasteiger partial charge in [0.25, 0.3) is 5.91 Å². The zero-order chi connectivity index (χ0) is 16.9. The number of halogens is 1. The lowest BCUT2D eigenvalue weighted by atomic mass is 10.1. The second-order valence-electron chi connectivity index (χ2n) is 5.33. The summed E-state index contributed by atoms with van der Waals surface area (Å²) in [6, 6.07) is 13.3. The highest BCUT2D eigenvalue weighted by atomic mass is 19.1. The summed E-state index contributed by atoms with van der Waals surface area (Å²) < 4.78 is 12.8. The monoisotopic (exact) mass is 325 g/mol. The van der Waals surface area contributed by atoms with Gasteiger partial charge in [0, 0.05) is 23.6 Å². The van der Waals surface area contributed by atoms with Crippen LogP contribution in [-0.4, -0.2) is 23.3 Å². The molecule has 3 aromatic rings. The summed E-state index contributed by atoms with van der Waals surface area (Å²) in [5, 5.41) is 6.07. The minimum Gasteiger partial charge on any atom is -0.360 e. The summed E-state index contributed by atoms with van der Waals surface area (Å²) in [6.45, 7) is 0.154. The van der Waals surface area contributed by atoms with E-state index in [1.165, 1.54) is 12.1 Å². The minimum absolute atomic E-state index is 0.125. The topological polar surface area (TPSA) is 74.0 Å². The Bertz CT molecular complexity index is 871. The number of benzene rings is 2. The molecule has 0 bridgehead atoms. The van der Waals surface area contributed by atoms with E-state index in [0.29, 0.717) is 5.56 Å². The first-order valence-electron chi connectivity index (χ1n) is 7.49. The van der Waals surface area contributed by atoms with E-state index in [4.69, 9.17) is 0 Å². The maximum atomic E-state index is 12.8. The van der Waals surface area contributed by atoms with Crippen molar-refractivity contribution in [3.63, 3.8) is 0 Å². The Kier molecular flexibility index (Phi) is 4.56. The highest BCUT2D eigenvalue weighted by Gasteiger charge is 2.12. The number of H-pyrrole nitrogens is 1. The average molecular weight is 325 g/mol. The van der Waals surface area contributed by atoms with Gasteiger partial charge in [-0.25, -0.2) is 4.39 Å². The predicted molar refractivity (Wildman–Crippen MR) is 88.9 cm³/mol. The molecule has 0 radical (unpaired) electrons. The first-order chi connectivity index (χ1) is 11.6. The van der Waals surface area contributed by atoms with Gasteiger partial charge >= 0.3 is 0 Å². The van der Waals surface area contributed by atoms with Crippen molar-refractivity contribution in [1.29, 1.82) is 0 Å². The zero-order valence-corrected chi connectivity index (χ0v) is 12.8. The smallest absolute Gasteiger partial charge is 0.253 e. The van der Waals surface area contributed by atoms with Crippen molar-refractivity contribution in [3.05, 3.63) is 71.7 Å². The summed E-state index contributed by atoms with van der Waals surface area (Å²) in [4.78, 5) is 27.0. The van der Waals surface area contributed by atoms with Crippen LogP contribution in [0.25, 0.3) is 10.9 Å². The number of para-hydroxylation sites is 1. The van der Waals surface area contributed by atoms with Crippen molar-refractivity contribution in [3.8, 4) is 0 Å². The Morgan fingerprint density at radius 1 is 1.00 bits per heavy atom.